The predicted molar refractivity (Wildman–Crippen MR) is 132 cm³/mol. The van der Waals surface area contributed by atoms with E-state index in [0.29, 0.717) is 31.7 Å². The highest BCUT2D eigenvalue weighted by Crippen LogP contribution is 2.45. The number of fused-ring (bicyclic) bond motifs is 5. The molecule has 3 aliphatic rings. The Morgan fingerprint density at radius 3 is 2.26 bits per heavy atom. The van der Waals surface area contributed by atoms with E-state index in [9.17, 15) is 9.90 Å². The van der Waals surface area contributed by atoms with Gasteiger partial charge in [-0.05, 0) is 47.2 Å². The molecule has 2 bridgehead atoms. The molecule has 3 aromatic rings. The minimum absolute atomic E-state index is 0.0172. The van der Waals surface area contributed by atoms with Crippen molar-refractivity contribution < 1.29 is 19.4 Å². The van der Waals surface area contributed by atoms with Crippen LogP contribution in [0.25, 0.3) is 11.1 Å². The fourth-order valence-electron chi connectivity index (χ4n) is 6.34. The van der Waals surface area contributed by atoms with Crippen LogP contribution in [-0.2, 0) is 15.1 Å². The van der Waals surface area contributed by atoms with Gasteiger partial charge in [-0.3, -0.25) is 9.88 Å². The number of carbonyl (C=O) groups excluding carboxylic acids is 1. The van der Waals surface area contributed by atoms with E-state index in [4.69, 9.17) is 9.47 Å². The molecule has 2 unspecified atom stereocenters. The average molecular weight is 471 g/mol. The van der Waals surface area contributed by atoms with E-state index in [1.807, 2.05) is 44.2 Å². The number of amides is 1. The first-order valence-electron chi connectivity index (χ1n) is 12.3. The number of piperidine rings is 1. The van der Waals surface area contributed by atoms with E-state index in [-0.39, 0.29) is 30.7 Å². The van der Waals surface area contributed by atoms with E-state index >= 15 is 0 Å². The Labute approximate surface area is 205 Å². The second-order valence-corrected chi connectivity index (χ2v) is 10.2. The standard InChI is InChI=1S/C29H30N2O4/c1-18-11-19(2)27(30-14-18)29(33)12-20-15-34-16-21(13-29)31(20)28(32)35-17-26-24-9-5-3-7-22(24)23-8-4-6-10-25(23)26/h3-11,14,20-21,26,33H,12-13,15-17H2,1-2H3. The molecule has 2 fully saturated rings. The van der Waals surface area contributed by atoms with E-state index in [1.54, 1.807) is 11.1 Å². The summed E-state index contributed by atoms with van der Waals surface area (Å²) in [7, 11) is 0. The normalized spacial score (nSPS) is 25.2. The van der Waals surface area contributed by atoms with Gasteiger partial charge in [-0.25, -0.2) is 4.79 Å². The highest BCUT2D eigenvalue weighted by atomic mass is 16.6. The molecule has 2 aliphatic heterocycles. The number of rotatable bonds is 3. The fourth-order valence-corrected chi connectivity index (χ4v) is 6.34. The molecule has 0 radical (unpaired) electrons. The Balaban J connectivity index is 1.21. The minimum Gasteiger partial charge on any atom is -0.448 e. The number of hydrogen-bond acceptors (Lipinski definition) is 5. The maximum Gasteiger partial charge on any atom is 0.410 e. The smallest absolute Gasteiger partial charge is 0.410 e. The van der Waals surface area contributed by atoms with Crippen molar-refractivity contribution in [3.05, 3.63) is 88.7 Å². The van der Waals surface area contributed by atoms with Crippen molar-refractivity contribution in [1.29, 1.82) is 0 Å². The maximum absolute atomic E-state index is 13.4. The molecule has 1 aromatic heterocycles. The third-order valence-electron chi connectivity index (χ3n) is 7.76. The van der Waals surface area contributed by atoms with Crippen LogP contribution in [0.5, 0.6) is 0 Å². The Bertz CT molecular complexity index is 1230. The lowest BCUT2D eigenvalue weighted by molar-refractivity contribution is -0.138. The van der Waals surface area contributed by atoms with E-state index in [0.717, 1.165) is 11.1 Å². The molecular formula is C29H30N2O4. The van der Waals surface area contributed by atoms with Crippen molar-refractivity contribution in [3.8, 4) is 11.1 Å². The number of carbonyl (C=O) groups is 1. The quantitative estimate of drug-likeness (QED) is 0.601. The number of nitrogens with zero attached hydrogens (tertiary/aromatic N) is 2. The summed E-state index contributed by atoms with van der Waals surface area (Å²) in [5, 5.41) is 11.6. The van der Waals surface area contributed by atoms with Crippen LogP contribution in [0.1, 0.15) is 46.7 Å². The molecule has 0 spiro atoms. The molecule has 1 aliphatic carbocycles. The van der Waals surface area contributed by atoms with Gasteiger partial charge in [-0.1, -0.05) is 54.6 Å². The van der Waals surface area contributed by atoms with Crippen molar-refractivity contribution in [3.63, 3.8) is 0 Å². The van der Waals surface area contributed by atoms with Gasteiger partial charge in [0, 0.05) is 25.0 Å². The third kappa shape index (κ3) is 3.72. The predicted octanol–water partition coefficient (Wildman–Crippen LogP) is 4.70. The number of hydrogen-bond donors (Lipinski definition) is 1. The van der Waals surface area contributed by atoms with Gasteiger partial charge in [0.2, 0.25) is 0 Å². The number of aliphatic hydroxyl groups is 1. The van der Waals surface area contributed by atoms with Gasteiger partial charge in [0.1, 0.15) is 12.2 Å². The van der Waals surface area contributed by atoms with E-state index in [1.165, 1.54) is 22.3 Å². The molecule has 2 atom stereocenters. The first kappa shape index (κ1) is 22.3. The minimum atomic E-state index is -1.09. The van der Waals surface area contributed by atoms with Crippen LogP contribution in [0.4, 0.5) is 4.79 Å². The lowest BCUT2D eigenvalue weighted by Gasteiger charge is -2.50. The SMILES string of the molecule is Cc1cnc(C2(O)CC3COCC(C2)N3C(=O)OCC2c3ccccc3-c3ccccc32)c(C)c1. The molecule has 1 amide bonds. The van der Waals surface area contributed by atoms with Crippen LogP contribution in [0.3, 0.4) is 0 Å². The monoisotopic (exact) mass is 470 g/mol. The van der Waals surface area contributed by atoms with Crippen LogP contribution >= 0.6 is 0 Å². The summed E-state index contributed by atoms with van der Waals surface area (Å²) in [5.74, 6) is 0.0172. The highest BCUT2D eigenvalue weighted by molar-refractivity contribution is 5.79. The van der Waals surface area contributed by atoms with Crippen molar-refractivity contribution in [2.75, 3.05) is 19.8 Å². The number of aromatic nitrogens is 1. The average Bonchev–Trinajstić information content (AvgIpc) is 3.15. The summed E-state index contributed by atoms with van der Waals surface area (Å²) in [6.45, 7) is 5.03. The first-order chi connectivity index (χ1) is 16.9. The Morgan fingerprint density at radius 2 is 1.66 bits per heavy atom. The summed E-state index contributed by atoms with van der Waals surface area (Å²) in [6, 6.07) is 18.2. The molecule has 2 saturated heterocycles. The number of benzene rings is 2. The van der Waals surface area contributed by atoms with Crippen LogP contribution in [0, 0.1) is 13.8 Å². The van der Waals surface area contributed by atoms with Crippen molar-refractivity contribution in [2.45, 2.75) is 50.3 Å². The lowest BCUT2D eigenvalue weighted by atomic mass is 9.78. The summed E-state index contributed by atoms with van der Waals surface area (Å²) >= 11 is 0. The van der Waals surface area contributed by atoms with Gasteiger partial charge in [-0.15, -0.1) is 0 Å². The summed E-state index contributed by atoms with van der Waals surface area (Å²) in [6.07, 6.45) is 2.22. The molecule has 1 N–H and O–H groups in total. The number of aryl methyl sites for hydroxylation is 2. The third-order valence-corrected chi connectivity index (χ3v) is 7.76. The molecule has 0 saturated carbocycles. The van der Waals surface area contributed by atoms with Crippen LogP contribution in [0.2, 0.25) is 0 Å². The van der Waals surface area contributed by atoms with Gasteiger partial charge in [0.25, 0.3) is 0 Å². The fraction of sp³-hybridized carbons (Fsp3) is 0.379. The summed E-state index contributed by atoms with van der Waals surface area (Å²) in [4.78, 5) is 19.8. The molecule has 6 nitrogen and oxygen atoms in total. The summed E-state index contributed by atoms with van der Waals surface area (Å²) in [5.41, 5.74) is 6.45. The topological polar surface area (TPSA) is 71.9 Å². The molecule has 6 heteroatoms. The largest absolute Gasteiger partial charge is 0.448 e. The molecule has 35 heavy (non-hydrogen) atoms. The van der Waals surface area contributed by atoms with Crippen LogP contribution in [0.15, 0.2) is 60.8 Å². The number of morpholine rings is 1. The Hall–Kier alpha value is -3.22. The zero-order valence-corrected chi connectivity index (χ0v) is 20.1. The zero-order valence-electron chi connectivity index (χ0n) is 20.1. The van der Waals surface area contributed by atoms with Crippen molar-refractivity contribution >= 4 is 6.09 Å². The zero-order chi connectivity index (χ0) is 24.2. The van der Waals surface area contributed by atoms with Crippen LogP contribution in [-0.4, -0.2) is 53.0 Å². The second kappa shape index (κ2) is 8.47. The van der Waals surface area contributed by atoms with Gasteiger partial charge >= 0.3 is 6.09 Å². The molecule has 2 aromatic carbocycles. The number of pyridine rings is 1. The van der Waals surface area contributed by atoms with Crippen LogP contribution < -0.4 is 0 Å². The molecular weight excluding hydrogens is 440 g/mol. The maximum atomic E-state index is 13.4. The molecule has 3 heterocycles. The number of ether oxygens (including phenoxy) is 2. The molecule has 6 rings (SSSR count). The van der Waals surface area contributed by atoms with E-state index < -0.39 is 5.60 Å². The van der Waals surface area contributed by atoms with Gasteiger partial charge in [-0.2, -0.15) is 0 Å². The van der Waals surface area contributed by atoms with Crippen molar-refractivity contribution in [2.24, 2.45) is 0 Å². The highest BCUT2D eigenvalue weighted by Gasteiger charge is 2.50. The van der Waals surface area contributed by atoms with Gasteiger partial charge < -0.3 is 14.6 Å². The second-order valence-electron chi connectivity index (χ2n) is 10.2. The Kier molecular flexibility index (Phi) is 5.38. The van der Waals surface area contributed by atoms with Gasteiger partial charge in [0.15, 0.2) is 0 Å². The summed E-state index contributed by atoms with van der Waals surface area (Å²) < 4.78 is 11.7. The van der Waals surface area contributed by atoms with Gasteiger partial charge in [0.05, 0.1) is 31.0 Å². The molecule has 180 valence electrons. The van der Waals surface area contributed by atoms with E-state index in [2.05, 4.69) is 29.2 Å². The van der Waals surface area contributed by atoms with Crippen molar-refractivity contribution in [1.82, 2.24) is 9.88 Å². The first-order valence-corrected chi connectivity index (χ1v) is 12.3. The lowest BCUT2D eigenvalue weighted by Crippen LogP contribution is -2.63. The Morgan fingerprint density at radius 1 is 1.06 bits per heavy atom.